The molecule has 4 rings (SSSR count). The number of amides is 1. The summed E-state index contributed by atoms with van der Waals surface area (Å²) < 4.78 is 0. The van der Waals surface area contributed by atoms with Gasteiger partial charge in [-0.05, 0) is 29.7 Å². The molecule has 1 aromatic heterocycles. The molecular weight excluding hydrogens is 354 g/mol. The molecule has 6 nitrogen and oxygen atoms in total. The number of nitrogens with zero attached hydrogens (tertiary/aromatic N) is 1. The number of anilines is 1. The maximum atomic E-state index is 12.9. The summed E-state index contributed by atoms with van der Waals surface area (Å²) in [5.74, 6) is -0.313. The molecule has 0 saturated carbocycles. The molecule has 0 bridgehead atoms. The van der Waals surface area contributed by atoms with Crippen molar-refractivity contribution < 1.29 is 9.72 Å². The fraction of sp³-hybridized carbons (Fsp3) is 0.0455. The van der Waals surface area contributed by atoms with Crippen LogP contribution in [0.25, 0.3) is 10.9 Å². The predicted octanol–water partition coefficient (Wildman–Crippen LogP) is 4.92. The van der Waals surface area contributed by atoms with Crippen LogP contribution < -0.4 is 5.32 Å². The van der Waals surface area contributed by atoms with Crippen LogP contribution in [0.15, 0.2) is 79.0 Å². The molecule has 0 saturated heterocycles. The van der Waals surface area contributed by atoms with Gasteiger partial charge in [-0.2, -0.15) is 0 Å². The van der Waals surface area contributed by atoms with E-state index in [2.05, 4.69) is 10.3 Å². The minimum Gasteiger partial charge on any atom is -0.360 e. The van der Waals surface area contributed by atoms with Crippen LogP contribution in [0.5, 0.6) is 0 Å². The van der Waals surface area contributed by atoms with Crippen molar-refractivity contribution in [2.45, 2.75) is 6.42 Å². The summed E-state index contributed by atoms with van der Waals surface area (Å²) in [6, 6.07) is 22.1. The average molecular weight is 371 g/mol. The third-order valence-corrected chi connectivity index (χ3v) is 4.62. The van der Waals surface area contributed by atoms with E-state index in [1.54, 1.807) is 12.3 Å². The van der Waals surface area contributed by atoms with Crippen LogP contribution in [0.4, 0.5) is 11.4 Å². The highest BCUT2D eigenvalue weighted by atomic mass is 16.6. The highest BCUT2D eigenvalue weighted by Crippen LogP contribution is 2.25. The summed E-state index contributed by atoms with van der Waals surface area (Å²) in [5.41, 5.74) is 3.85. The summed E-state index contributed by atoms with van der Waals surface area (Å²) in [5, 5.41) is 14.5. The van der Waals surface area contributed by atoms with Gasteiger partial charge in [-0.25, -0.2) is 0 Å². The van der Waals surface area contributed by atoms with Crippen molar-refractivity contribution in [2.24, 2.45) is 0 Å². The number of aromatic nitrogens is 1. The summed E-state index contributed by atoms with van der Waals surface area (Å²) in [6.45, 7) is 0. The van der Waals surface area contributed by atoms with Crippen molar-refractivity contribution in [1.29, 1.82) is 0 Å². The van der Waals surface area contributed by atoms with Crippen molar-refractivity contribution in [3.63, 3.8) is 0 Å². The number of rotatable bonds is 5. The highest BCUT2D eigenvalue weighted by Gasteiger charge is 2.16. The molecular formula is C22H17N3O3. The molecule has 6 heteroatoms. The van der Waals surface area contributed by atoms with Gasteiger partial charge < -0.3 is 10.3 Å². The molecule has 2 N–H and O–H groups in total. The minimum atomic E-state index is -0.469. The zero-order valence-corrected chi connectivity index (χ0v) is 14.9. The number of fused-ring (bicyclic) bond motifs is 1. The second-order valence-electron chi connectivity index (χ2n) is 6.46. The molecule has 0 aliphatic carbocycles. The van der Waals surface area contributed by atoms with Crippen LogP contribution in [-0.2, 0) is 6.42 Å². The third kappa shape index (κ3) is 3.48. The fourth-order valence-electron chi connectivity index (χ4n) is 3.21. The standard InChI is InChI=1S/C22H17N3O3/c26-22(19-14-23-21-11-10-17(25(27)28)13-18(19)21)24-20-9-5-4-8-16(20)12-15-6-2-1-3-7-15/h1-11,13-14,23H,12H2,(H,24,26). The molecule has 3 aromatic carbocycles. The quantitative estimate of drug-likeness (QED) is 0.385. The van der Waals surface area contributed by atoms with Gasteiger partial charge in [0.15, 0.2) is 0 Å². The van der Waals surface area contributed by atoms with Crippen LogP contribution in [-0.4, -0.2) is 15.8 Å². The van der Waals surface area contributed by atoms with Gasteiger partial charge in [-0.3, -0.25) is 14.9 Å². The molecule has 0 aliphatic heterocycles. The van der Waals surface area contributed by atoms with Gasteiger partial charge in [0.1, 0.15) is 0 Å². The van der Waals surface area contributed by atoms with Crippen LogP contribution in [0.3, 0.4) is 0 Å². The van der Waals surface area contributed by atoms with E-state index < -0.39 is 4.92 Å². The lowest BCUT2D eigenvalue weighted by Crippen LogP contribution is -2.13. The van der Waals surface area contributed by atoms with Gasteiger partial charge in [0, 0.05) is 34.9 Å². The van der Waals surface area contributed by atoms with E-state index in [0.29, 0.717) is 22.9 Å². The number of nitro groups is 1. The summed E-state index contributed by atoms with van der Waals surface area (Å²) in [7, 11) is 0. The molecule has 1 amide bonds. The Kier molecular flexibility index (Phi) is 4.60. The normalized spacial score (nSPS) is 10.7. The predicted molar refractivity (Wildman–Crippen MR) is 109 cm³/mol. The maximum Gasteiger partial charge on any atom is 0.270 e. The number of carbonyl (C=O) groups is 1. The van der Waals surface area contributed by atoms with Crippen molar-refractivity contribution in [1.82, 2.24) is 4.98 Å². The van der Waals surface area contributed by atoms with Gasteiger partial charge in [0.2, 0.25) is 0 Å². The molecule has 0 unspecified atom stereocenters. The SMILES string of the molecule is O=C(Nc1ccccc1Cc1ccccc1)c1c[nH]c2ccc([N+](=O)[O-])cc12. The van der Waals surface area contributed by atoms with E-state index in [1.807, 2.05) is 54.6 Å². The Morgan fingerprint density at radius 1 is 1.00 bits per heavy atom. The Balaban J connectivity index is 1.63. The highest BCUT2D eigenvalue weighted by molar-refractivity contribution is 6.13. The van der Waals surface area contributed by atoms with Gasteiger partial charge in [0.05, 0.1) is 10.5 Å². The Bertz CT molecular complexity index is 1170. The van der Waals surface area contributed by atoms with Gasteiger partial charge in [-0.15, -0.1) is 0 Å². The molecule has 1 heterocycles. The van der Waals surface area contributed by atoms with Crippen LogP contribution in [0, 0.1) is 10.1 Å². The summed E-state index contributed by atoms with van der Waals surface area (Å²) >= 11 is 0. The number of para-hydroxylation sites is 1. The molecule has 0 spiro atoms. The maximum absolute atomic E-state index is 12.9. The lowest BCUT2D eigenvalue weighted by Gasteiger charge is -2.11. The number of nitro benzene ring substituents is 1. The van der Waals surface area contributed by atoms with E-state index in [1.165, 1.54) is 12.1 Å². The largest absolute Gasteiger partial charge is 0.360 e. The second kappa shape index (κ2) is 7.36. The Morgan fingerprint density at radius 2 is 1.75 bits per heavy atom. The second-order valence-corrected chi connectivity index (χ2v) is 6.46. The number of aromatic amines is 1. The van der Waals surface area contributed by atoms with Crippen molar-refractivity contribution in [3.05, 3.63) is 106 Å². The monoisotopic (exact) mass is 371 g/mol. The Labute approximate surface area is 161 Å². The third-order valence-electron chi connectivity index (χ3n) is 4.62. The lowest BCUT2D eigenvalue weighted by atomic mass is 10.0. The van der Waals surface area contributed by atoms with Crippen molar-refractivity contribution in [3.8, 4) is 0 Å². The number of hydrogen-bond acceptors (Lipinski definition) is 3. The lowest BCUT2D eigenvalue weighted by molar-refractivity contribution is -0.384. The average Bonchev–Trinajstić information content (AvgIpc) is 3.13. The van der Waals surface area contributed by atoms with Gasteiger partial charge in [0.25, 0.3) is 11.6 Å². The van der Waals surface area contributed by atoms with Crippen LogP contribution >= 0.6 is 0 Å². The molecule has 4 aromatic rings. The van der Waals surface area contributed by atoms with E-state index in [-0.39, 0.29) is 11.6 Å². The van der Waals surface area contributed by atoms with Crippen molar-refractivity contribution >= 4 is 28.2 Å². The molecule has 0 radical (unpaired) electrons. The molecule has 0 fully saturated rings. The number of nitrogens with one attached hydrogen (secondary N) is 2. The number of hydrogen-bond donors (Lipinski definition) is 2. The van der Waals surface area contributed by atoms with Crippen molar-refractivity contribution in [2.75, 3.05) is 5.32 Å². The van der Waals surface area contributed by atoms with Crippen LogP contribution in [0.2, 0.25) is 0 Å². The fourth-order valence-corrected chi connectivity index (χ4v) is 3.21. The van der Waals surface area contributed by atoms with Crippen LogP contribution in [0.1, 0.15) is 21.5 Å². The topological polar surface area (TPSA) is 88.0 Å². The number of carbonyl (C=O) groups excluding carboxylic acids is 1. The van der Waals surface area contributed by atoms with Gasteiger partial charge in [-0.1, -0.05) is 48.5 Å². The first-order chi connectivity index (χ1) is 13.6. The Morgan fingerprint density at radius 3 is 2.54 bits per heavy atom. The molecule has 138 valence electrons. The molecule has 0 atom stereocenters. The number of benzene rings is 3. The first kappa shape index (κ1) is 17.5. The minimum absolute atomic E-state index is 0.0503. The molecule has 28 heavy (non-hydrogen) atoms. The zero-order valence-electron chi connectivity index (χ0n) is 14.9. The van der Waals surface area contributed by atoms with E-state index in [9.17, 15) is 14.9 Å². The number of non-ortho nitro benzene ring substituents is 1. The zero-order chi connectivity index (χ0) is 19.5. The summed E-state index contributed by atoms with van der Waals surface area (Å²) in [6.07, 6.45) is 2.26. The van der Waals surface area contributed by atoms with E-state index >= 15 is 0 Å². The summed E-state index contributed by atoms with van der Waals surface area (Å²) in [4.78, 5) is 26.4. The van der Waals surface area contributed by atoms with E-state index in [0.717, 1.165) is 16.8 Å². The van der Waals surface area contributed by atoms with E-state index in [4.69, 9.17) is 0 Å². The smallest absolute Gasteiger partial charge is 0.270 e. The number of H-pyrrole nitrogens is 1. The Hall–Kier alpha value is -3.93. The molecule has 0 aliphatic rings. The van der Waals surface area contributed by atoms with Gasteiger partial charge >= 0.3 is 0 Å². The first-order valence-corrected chi connectivity index (χ1v) is 8.80. The first-order valence-electron chi connectivity index (χ1n) is 8.80.